The standard InChI is InChI=1S/C13H15ClN4/c1-15-9-12-16-8-7-13(17-12)18(2)11-5-3-10(14)4-6-11/h3-8,15H,9H2,1-2H3. The molecule has 0 bridgehead atoms. The second kappa shape index (κ2) is 5.80. The molecule has 0 aliphatic rings. The molecule has 0 unspecified atom stereocenters. The molecule has 94 valence electrons. The van der Waals surface area contributed by atoms with Crippen molar-refractivity contribution in [3.63, 3.8) is 0 Å². The van der Waals surface area contributed by atoms with Crippen molar-refractivity contribution in [1.82, 2.24) is 15.3 Å². The number of hydrogen-bond acceptors (Lipinski definition) is 4. The predicted octanol–water partition coefficient (Wildman–Crippen LogP) is 2.62. The maximum atomic E-state index is 5.88. The fourth-order valence-electron chi connectivity index (χ4n) is 1.62. The van der Waals surface area contributed by atoms with Gasteiger partial charge in [0.05, 0.1) is 6.54 Å². The lowest BCUT2D eigenvalue weighted by molar-refractivity contribution is 0.757. The first-order chi connectivity index (χ1) is 8.70. The van der Waals surface area contributed by atoms with E-state index in [4.69, 9.17) is 11.6 Å². The molecule has 0 atom stereocenters. The highest BCUT2D eigenvalue weighted by molar-refractivity contribution is 6.30. The Hall–Kier alpha value is -1.65. The summed E-state index contributed by atoms with van der Waals surface area (Å²) in [6, 6.07) is 9.53. The van der Waals surface area contributed by atoms with Crippen molar-refractivity contribution in [1.29, 1.82) is 0 Å². The van der Waals surface area contributed by atoms with Gasteiger partial charge in [0.1, 0.15) is 11.6 Å². The van der Waals surface area contributed by atoms with Crippen LogP contribution in [0.4, 0.5) is 11.5 Å². The van der Waals surface area contributed by atoms with Gasteiger partial charge in [0.15, 0.2) is 0 Å². The predicted molar refractivity (Wildman–Crippen MR) is 74.3 cm³/mol. The van der Waals surface area contributed by atoms with Gasteiger partial charge in [-0.15, -0.1) is 0 Å². The van der Waals surface area contributed by atoms with Crippen LogP contribution in [0.1, 0.15) is 5.82 Å². The third-order valence-electron chi connectivity index (χ3n) is 2.58. The molecule has 1 aromatic heterocycles. The number of nitrogens with zero attached hydrogens (tertiary/aromatic N) is 3. The summed E-state index contributed by atoms with van der Waals surface area (Å²) in [5.74, 6) is 1.63. The summed E-state index contributed by atoms with van der Waals surface area (Å²) in [5.41, 5.74) is 1.04. The number of nitrogens with one attached hydrogen (secondary N) is 1. The van der Waals surface area contributed by atoms with E-state index in [0.29, 0.717) is 6.54 Å². The summed E-state index contributed by atoms with van der Waals surface area (Å²) in [6.45, 7) is 0.655. The Morgan fingerprint density at radius 1 is 1.22 bits per heavy atom. The molecule has 1 N–H and O–H groups in total. The summed E-state index contributed by atoms with van der Waals surface area (Å²) >= 11 is 5.88. The van der Waals surface area contributed by atoms with Gasteiger partial charge < -0.3 is 10.2 Å². The number of rotatable bonds is 4. The van der Waals surface area contributed by atoms with Crippen molar-refractivity contribution in [2.24, 2.45) is 0 Å². The number of aromatic nitrogens is 2. The van der Waals surface area contributed by atoms with Crippen LogP contribution in [-0.2, 0) is 6.54 Å². The van der Waals surface area contributed by atoms with E-state index in [2.05, 4.69) is 15.3 Å². The maximum absolute atomic E-state index is 5.88. The topological polar surface area (TPSA) is 41.1 Å². The van der Waals surface area contributed by atoms with Crippen LogP contribution in [0.3, 0.4) is 0 Å². The van der Waals surface area contributed by atoms with Gasteiger partial charge in [-0.25, -0.2) is 9.97 Å². The minimum atomic E-state index is 0.655. The van der Waals surface area contributed by atoms with Crippen molar-refractivity contribution < 1.29 is 0 Å². The molecule has 0 aliphatic heterocycles. The Bertz CT molecular complexity index is 513. The lowest BCUT2D eigenvalue weighted by Crippen LogP contribution is -2.14. The van der Waals surface area contributed by atoms with Crippen LogP contribution >= 0.6 is 11.6 Å². The van der Waals surface area contributed by atoms with Gasteiger partial charge >= 0.3 is 0 Å². The molecular formula is C13H15ClN4. The average molecular weight is 263 g/mol. The van der Waals surface area contributed by atoms with E-state index < -0.39 is 0 Å². The lowest BCUT2D eigenvalue weighted by Gasteiger charge is -2.18. The Morgan fingerprint density at radius 2 is 1.94 bits per heavy atom. The van der Waals surface area contributed by atoms with Crippen LogP contribution in [0, 0.1) is 0 Å². The average Bonchev–Trinajstić information content (AvgIpc) is 2.39. The summed E-state index contributed by atoms with van der Waals surface area (Å²) in [4.78, 5) is 10.7. The zero-order valence-corrected chi connectivity index (χ0v) is 11.1. The highest BCUT2D eigenvalue weighted by Crippen LogP contribution is 2.22. The molecule has 18 heavy (non-hydrogen) atoms. The van der Waals surface area contributed by atoms with Gasteiger partial charge in [-0.3, -0.25) is 0 Å². The zero-order chi connectivity index (χ0) is 13.0. The quantitative estimate of drug-likeness (QED) is 0.920. The minimum absolute atomic E-state index is 0.655. The molecule has 4 nitrogen and oxygen atoms in total. The van der Waals surface area contributed by atoms with Crippen molar-refractivity contribution in [3.8, 4) is 0 Å². The third kappa shape index (κ3) is 2.97. The molecule has 5 heteroatoms. The molecule has 0 saturated carbocycles. The highest BCUT2D eigenvalue weighted by atomic mass is 35.5. The second-order valence-corrected chi connectivity index (χ2v) is 4.33. The van der Waals surface area contributed by atoms with E-state index in [9.17, 15) is 0 Å². The van der Waals surface area contributed by atoms with Gasteiger partial charge in [0, 0.05) is 24.0 Å². The molecule has 2 rings (SSSR count). The van der Waals surface area contributed by atoms with E-state index in [1.54, 1.807) is 6.20 Å². The van der Waals surface area contributed by atoms with Crippen molar-refractivity contribution in [2.45, 2.75) is 6.54 Å². The SMILES string of the molecule is CNCc1nccc(N(C)c2ccc(Cl)cc2)n1. The van der Waals surface area contributed by atoms with E-state index in [1.165, 1.54) is 0 Å². The minimum Gasteiger partial charge on any atom is -0.329 e. The summed E-state index contributed by atoms with van der Waals surface area (Å²) < 4.78 is 0. The zero-order valence-electron chi connectivity index (χ0n) is 10.4. The number of halogens is 1. The van der Waals surface area contributed by atoms with Crippen LogP contribution in [0.2, 0.25) is 5.02 Å². The van der Waals surface area contributed by atoms with Crippen molar-refractivity contribution in [2.75, 3.05) is 19.0 Å². The molecule has 0 aliphatic carbocycles. The van der Waals surface area contributed by atoms with Crippen LogP contribution < -0.4 is 10.2 Å². The Morgan fingerprint density at radius 3 is 2.61 bits per heavy atom. The molecule has 1 heterocycles. The number of anilines is 2. The number of benzene rings is 1. The van der Waals surface area contributed by atoms with Crippen molar-refractivity contribution in [3.05, 3.63) is 47.4 Å². The van der Waals surface area contributed by atoms with E-state index >= 15 is 0 Å². The Kier molecular flexibility index (Phi) is 4.12. The first-order valence-corrected chi connectivity index (χ1v) is 6.04. The second-order valence-electron chi connectivity index (χ2n) is 3.90. The molecule has 0 radical (unpaired) electrons. The molecule has 0 spiro atoms. The van der Waals surface area contributed by atoms with Crippen LogP contribution in [-0.4, -0.2) is 24.1 Å². The van der Waals surface area contributed by atoms with E-state index in [1.807, 2.05) is 49.3 Å². The normalized spacial score (nSPS) is 10.4. The van der Waals surface area contributed by atoms with Crippen LogP contribution in [0.25, 0.3) is 0 Å². The molecular weight excluding hydrogens is 248 g/mol. The first-order valence-electron chi connectivity index (χ1n) is 5.66. The molecule has 0 amide bonds. The molecule has 1 aromatic carbocycles. The molecule has 0 fully saturated rings. The van der Waals surface area contributed by atoms with Crippen LogP contribution in [0.15, 0.2) is 36.5 Å². The van der Waals surface area contributed by atoms with Gasteiger partial charge in [0.2, 0.25) is 0 Å². The first kappa shape index (κ1) is 12.8. The molecule has 2 aromatic rings. The number of hydrogen-bond donors (Lipinski definition) is 1. The largest absolute Gasteiger partial charge is 0.329 e. The smallest absolute Gasteiger partial charge is 0.144 e. The fourth-order valence-corrected chi connectivity index (χ4v) is 1.74. The van der Waals surface area contributed by atoms with Gasteiger partial charge in [-0.05, 0) is 37.4 Å². The highest BCUT2D eigenvalue weighted by Gasteiger charge is 2.06. The van der Waals surface area contributed by atoms with Gasteiger partial charge in [-0.2, -0.15) is 0 Å². The van der Waals surface area contributed by atoms with Crippen LogP contribution in [0.5, 0.6) is 0 Å². The lowest BCUT2D eigenvalue weighted by atomic mass is 10.3. The monoisotopic (exact) mass is 262 g/mol. The summed E-state index contributed by atoms with van der Waals surface area (Å²) in [7, 11) is 3.84. The summed E-state index contributed by atoms with van der Waals surface area (Å²) in [6.07, 6.45) is 1.77. The Balaban J connectivity index is 2.24. The van der Waals surface area contributed by atoms with E-state index in [0.717, 1.165) is 22.4 Å². The Labute approximate surface area is 112 Å². The molecule has 0 saturated heterocycles. The van der Waals surface area contributed by atoms with E-state index in [-0.39, 0.29) is 0 Å². The third-order valence-corrected chi connectivity index (χ3v) is 2.84. The maximum Gasteiger partial charge on any atom is 0.144 e. The van der Waals surface area contributed by atoms with Gasteiger partial charge in [-0.1, -0.05) is 11.6 Å². The van der Waals surface area contributed by atoms with Gasteiger partial charge in [0.25, 0.3) is 0 Å². The summed E-state index contributed by atoms with van der Waals surface area (Å²) in [5, 5.41) is 3.76. The van der Waals surface area contributed by atoms with Crippen molar-refractivity contribution >= 4 is 23.1 Å². The fraction of sp³-hybridized carbons (Fsp3) is 0.231.